The van der Waals surface area contributed by atoms with Gasteiger partial charge in [-0.2, -0.15) is 0 Å². The highest BCUT2D eigenvalue weighted by molar-refractivity contribution is 5.79. The van der Waals surface area contributed by atoms with Crippen LogP contribution >= 0.6 is 0 Å². The van der Waals surface area contributed by atoms with E-state index in [1.165, 1.54) is 6.42 Å². The lowest BCUT2D eigenvalue weighted by Gasteiger charge is -2.27. The third-order valence-corrected chi connectivity index (χ3v) is 5.14. The Balaban J connectivity index is 1.59. The van der Waals surface area contributed by atoms with Gasteiger partial charge in [0.25, 0.3) is 0 Å². The molecular formula is C14H25N3O. The van der Waals surface area contributed by atoms with E-state index in [0.717, 1.165) is 51.4 Å². The second kappa shape index (κ2) is 4.82. The van der Waals surface area contributed by atoms with Gasteiger partial charge in [-0.3, -0.25) is 4.79 Å². The number of likely N-dealkylation sites (tertiary alicyclic amines) is 2. The largest absolute Gasteiger partial charge is 0.342 e. The predicted molar refractivity (Wildman–Crippen MR) is 71.0 cm³/mol. The van der Waals surface area contributed by atoms with Crippen LogP contribution in [0.25, 0.3) is 0 Å². The van der Waals surface area contributed by atoms with Crippen LogP contribution in [0.5, 0.6) is 0 Å². The van der Waals surface area contributed by atoms with Crippen molar-refractivity contribution >= 4 is 5.91 Å². The van der Waals surface area contributed by atoms with Crippen molar-refractivity contribution in [2.24, 2.45) is 23.5 Å². The van der Waals surface area contributed by atoms with Gasteiger partial charge in [0.05, 0.1) is 5.92 Å². The van der Waals surface area contributed by atoms with E-state index in [1.807, 2.05) is 0 Å². The molecular weight excluding hydrogens is 226 g/mol. The number of hydrogen-bond donors (Lipinski definition) is 1. The van der Waals surface area contributed by atoms with E-state index in [0.29, 0.717) is 17.9 Å². The summed E-state index contributed by atoms with van der Waals surface area (Å²) in [5, 5.41) is 0. The SMILES string of the molecule is CN1CCC(C(=O)N2C[C@H]3CCC(N)C[C@H]3C2)C1. The van der Waals surface area contributed by atoms with Crippen LogP contribution < -0.4 is 5.73 Å². The predicted octanol–water partition coefficient (Wildman–Crippen LogP) is 0.524. The average Bonchev–Trinajstić information content (AvgIpc) is 2.93. The summed E-state index contributed by atoms with van der Waals surface area (Å²) < 4.78 is 0. The normalized spacial score (nSPS) is 41.1. The van der Waals surface area contributed by atoms with E-state index >= 15 is 0 Å². The summed E-state index contributed by atoms with van der Waals surface area (Å²) >= 11 is 0. The number of nitrogens with zero attached hydrogens (tertiary/aromatic N) is 2. The first-order valence-electron chi connectivity index (χ1n) is 7.36. The number of amides is 1. The zero-order valence-corrected chi connectivity index (χ0v) is 11.3. The molecule has 3 fully saturated rings. The van der Waals surface area contributed by atoms with Crippen molar-refractivity contribution in [1.82, 2.24) is 9.80 Å². The smallest absolute Gasteiger partial charge is 0.227 e. The lowest BCUT2D eigenvalue weighted by molar-refractivity contribution is -0.134. The quantitative estimate of drug-likeness (QED) is 0.739. The first-order valence-corrected chi connectivity index (χ1v) is 7.36. The second-order valence-electron chi connectivity index (χ2n) is 6.58. The third kappa shape index (κ3) is 2.28. The molecule has 3 aliphatic rings. The van der Waals surface area contributed by atoms with E-state index in [4.69, 9.17) is 5.73 Å². The summed E-state index contributed by atoms with van der Waals surface area (Å²) in [6, 6.07) is 0.374. The molecule has 2 N–H and O–H groups in total. The Morgan fingerprint density at radius 3 is 2.61 bits per heavy atom. The van der Waals surface area contributed by atoms with Gasteiger partial charge < -0.3 is 15.5 Å². The van der Waals surface area contributed by atoms with E-state index in [1.54, 1.807) is 0 Å². The van der Waals surface area contributed by atoms with Crippen molar-refractivity contribution in [3.8, 4) is 0 Å². The summed E-state index contributed by atoms with van der Waals surface area (Å²) in [6.45, 7) is 3.99. The third-order valence-electron chi connectivity index (χ3n) is 5.14. The highest BCUT2D eigenvalue weighted by Crippen LogP contribution is 2.36. The fourth-order valence-corrected chi connectivity index (χ4v) is 4.04. The Labute approximate surface area is 109 Å². The summed E-state index contributed by atoms with van der Waals surface area (Å²) in [5.74, 6) is 2.07. The van der Waals surface area contributed by atoms with Crippen LogP contribution in [0.15, 0.2) is 0 Å². The van der Waals surface area contributed by atoms with Crippen LogP contribution in [0, 0.1) is 17.8 Å². The van der Waals surface area contributed by atoms with Crippen molar-refractivity contribution in [3.05, 3.63) is 0 Å². The second-order valence-corrected chi connectivity index (χ2v) is 6.58. The van der Waals surface area contributed by atoms with Gasteiger partial charge in [-0.05, 0) is 51.1 Å². The molecule has 0 aromatic heterocycles. The molecule has 2 unspecified atom stereocenters. The number of rotatable bonds is 1. The number of nitrogens with two attached hydrogens (primary N) is 1. The van der Waals surface area contributed by atoms with Crippen LogP contribution in [-0.4, -0.2) is 55.0 Å². The van der Waals surface area contributed by atoms with Gasteiger partial charge >= 0.3 is 0 Å². The molecule has 3 rings (SSSR count). The van der Waals surface area contributed by atoms with Gasteiger partial charge in [-0.25, -0.2) is 0 Å². The molecule has 0 radical (unpaired) electrons. The fraction of sp³-hybridized carbons (Fsp3) is 0.929. The summed E-state index contributed by atoms with van der Waals surface area (Å²) in [4.78, 5) is 16.9. The lowest BCUT2D eigenvalue weighted by atomic mass is 9.79. The Kier molecular flexibility index (Phi) is 3.32. The van der Waals surface area contributed by atoms with Gasteiger partial charge in [-0.15, -0.1) is 0 Å². The molecule has 4 nitrogen and oxygen atoms in total. The number of fused-ring (bicyclic) bond motifs is 1. The highest BCUT2D eigenvalue weighted by Gasteiger charge is 2.40. The highest BCUT2D eigenvalue weighted by atomic mass is 16.2. The topological polar surface area (TPSA) is 49.6 Å². The van der Waals surface area contributed by atoms with E-state index < -0.39 is 0 Å². The Morgan fingerprint density at radius 1 is 1.11 bits per heavy atom. The van der Waals surface area contributed by atoms with Gasteiger partial charge in [0, 0.05) is 25.7 Å². The Hall–Kier alpha value is -0.610. The molecule has 0 bridgehead atoms. The first kappa shape index (κ1) is 12.4. The molecule has 4 atom stereocenters. The van der Waals surface area contributed by atoms with Crippen LogP contribution in [0.1, 0.15) is 25.7 Å². The standard InChI is InChI=1S/C14H25N3O/c1-16-5-4-11(7-16)14(18)17-8-10-2-3-13(15)6-12(10)9-17/h10-13H,2-9,15H2,1H3/t10-,11?,12+,13?/m1/s1. The van der Waals surface area contributed by atoms with E-state index in [-0.39, 0.29) is 5.92 Å². The molecule has 0 spiro atoms. The minimum atomic E-state index is 0.254. The maximum Gasteiger partial charge on any atom is 0.227 e. The zero-order valence-electron chi connectivity index (χ0n) is 11.3. The molecule has 102 valence electrons. The first-order chi connectivity index (χ1) is 8.63. The molecule has 2 aliphatic heterocycles. The van der Waals surface area contributed by atoms with Gasteiger partial charge in [0.1, 0.15) is 0 Å². The monoisotopic (exact) mass is 251 g/mol. The van der Waals surface area contributed by atoms with Gasteiger partial charge in [-0.1, -0.05) is 0 Å². The lowest BCUT2D eigenvalue weighted by Crippen LogP contribution is -2.36. The minimum absolute atomic E-state index is 0.254. The molecule has 2 heterocycles. The van der Waals surface area contributed by atoms with Crippen molar-refractivity contribution in [3.63, 3.8) is 0 Å². The van der Waals surface area contributed by atoms with Crippen molar-refractivity contribution in [2.45, 2.75) is 31.7 Å². The van der Waals surface area contributed by atoms with Crippen LogP contribution in [-0.2, 0) is 4.79 Å². The van der Waals surface area contributed by atoms with Gasteiger partial charge in [0.15, 0.2) is 0 Å². The van der Waals surface area contributed by atoms with Crippen molar-refractivity contribution < 1.29 is 4.79 Å². The number of carbonyl (C=O) groups excluding carboxylic acids is 1. The maximum absolute atomic E-state index is 12.5. The summed E-state index contributed by atoms with van der Waals surface area (Å²) in [7, 11) is 2.11. The van der Waals surface area contributed by atoms with Crippen LogP contribution in [0.2, 0.25) is 0 Å². The molecule has 0 aromatic rings. The Bertz CT molecular complexity index is 333. The minimum Gasteiger partial charge on any atom is -0.342 e. The molecule has 1 amide bonds. The molecule has 18 heavy (non-hydrogen) atoms. The van der Waals surface area contributed by atoms with E-state index in [9.17, 15) is 4.79 Å². The average molecular weight is 251 g/mol. The van der Waals surface area contributed by atoms with Crippen molar-refractivity contribution in [1.29, 1.82) is 0 Å². The van der Waals surface area contributed by atoms with Gasteiger partial charge in [0.2, 0.25) is 5.91 Å². The number of hydrogen-bond acceptors (Lipinski definition) is 3. The molecule has 1 saturated carbocycles. The van der Waals surface area contributed by atoms with Crippen LogP contribution in [0.4, 0.5) is 0 Å². The van der Waals surface area contributed by atoms with Crippen molar-refractivity contribution in [2.75, 3.05) is 33.2 Å². The van der Waals surface area contributed by atoms with E-state index in [2.05, 4.69) is 16.8 Å². The fourth-order valence-electron chi connectivity index (χ4n) is 4.04. The molecule has 4 heteroatoms. The molecule has 0 aromatic carbocycles. The maximum atomic E-state index is 12.5. The number of carbonyl (C=O) groups is 1. The molecule has 2 saturated heterocycles. The summed E-state index contributed by atoms with van der Waals surface area (Å²) in [6.07, 6.45) is 4.54. The Morgan fingerprint density at radius 2 is 1.89 bits per heavy atom. The zero-order chi connectivity index (χ0) is 12.7. The summed E-state index contributed by atoms with van der Waals surface area (Å²) in [5.41, 5.74) is 6.04. The molecule has 1 aliphatic carbocycles. The van der Waals surface area contributed by atoms with Crippen LogP contribution in [0.3, 0.4) is 0 Å².